The number of aromatic nitrogens is 2. The third-order valence-electron chi connectivity index (χ3n) is 2.68. The molecule has 6 nitrogen and oxygen atoms in total. The van der Waals surface area contributed by atoms with Crippen LogP contribution >= 0.6 is 0 Å². The summed E-state index contributed by atoms with van der Waals surface area (Å²) in [6, 6.07) is 7.34. The van der Waals surface area contributed by atoms with Gasteiger partial charge in [0.25, 0.3) is 17.6 Å². The van der Waals surface area contributed by atoms with E-state index in [1.54, 1.807) is 24.3 Å². The Bertz CT molecular complexity index is 589. The molecule has 1 aromatic heterocycles. The highest BCUT2D eigenvalue weighted by molar-refractivity contribution is 5.91. The molecule has 0 radical (unpaired) electrons. The molecule has 0 bridgehead atoms. The van der Waals surface area contributed by atoms with Crippen LogP contribution in [-0.2, 0) is 0 Å². The fraction of sp³-hybridized carbons (Fsp3) is 0.250. The normalized spacial score (nSPS) is 14.4. The molecular formula is C12H12N4O2. The highest BCUT2D eigenvalue weighted by Gasteiger charge is 2.26. The number of nitrogen functional groups attached to an aromatic ring is 1. The van der Waals surface area contributed by atoms with Crippen LogP contribution in [0, 0.1) is 0 Å². The summed E-state index contributed by atoms with van der Waals surface area (Å²) in [4.78, 5) is 15.7. The standard InChI is InChI=1S/C12H12N4O2/c13-8-3-1-2-7(6-8)12-15-10(16-18-12)11(17)14-9-4-5-9/h1-3,6,9H,4-5,13H2,(H,14,17). The molecule has 92 valence electrons. The Kier molecular flexibility index (Phi) is 2.47. The Morgan fingerprint density at radius 3 is 3.00 bits per heavy atom. The molecule has 18 heavy (non-hydrogen) atoms. The van der Waals surface area contributed by atoms with Crippen molar-refractivity contribution >= 4 is 11.6 Å². The summed E-state index contributed by atoms with van der Waals surface area (Å²) in [6.45, 7) is 0. The van der Waals surface area contributed by atoms with Crippen molar-refractivity contribution < 1.29 is 9.32 Å². The molecule has 3 rings (SSSR count). The molecule has 1 aliphatic carbocycles. The Balaban J connectivity index is 1.82. The van der Waals surface area contributed by atoms with Crippen LogP contribution in [0.25, 0.3) is 11.5 Å². The summed E-state index contributed by atoms with van der Waals surface area (Å²) in [6.07, 6.45) is 2.04. The minimum Gasteiger partial charge on any atom is -0.399 e. The van der Waals surface area contributed by atoms with Gasteiger partial charge in [-0.3, -0.25) is 4.79 Å². The lowest BCUT2D eigenvalue weighted by Crippen LogP contribution is -2.26. The number of hydrogen-bond donors (Lipinski definition) is 2. The number of amides is 1. The van der Waals surface area contributed by atoms with E-state index in [1.807, 2.05) is 0 Å². The van der Waals surface area contributed by atoms with Crippen LogP contribution in [0.4, 0.5) is 5.69 Å². The number of carbonyl (C=O) groups excluding carboxylic acids is 1. The quantitative estimate of drug-likeness (QED) is 0.791. The zero-order valence-electron chi connectivity index (χ0n) is 9.59. The largest absolute Gasteiger partial charge is 0.399 e. The van der Waals surface area contributed by atoms with Gasteiger partial charge in [-0.2, -0.15) is 4.98 Å². The first kappa shape index (κ1) is 10.8. The molecule has 1 amide bonds. The van der Waals surface area contributed by atoms with E-state index in [9.17, 15) is 4.79 Å². The van der Waals surface area contributed by atoms with Gasteiger partial charge in [0.1, 0.15) is 0 Å². The van der Waals surface area contributed by atoms with Crippen LogP contribution in [0.15, 0.2) is 28.8 Å². The van der Waals surface area contributed by atoms with E-state index in [4.69, 9.17) is 10.3 Å². The van der Waals surface area contributed by atoms with E-state index in [-0.39, 0.29) is 17.8 Å². The Morgan fingerprint density at radius 2 is 2.28 bits per heavy atom. The van der Waals surface area contributed by atoms with Crippen LogP contribution in [0.1, 0.15) is 23.5 Å². The fourth-order valence-corrected chi connectivity index (χ4v) is 1.58. The highest BCUT2D eigenvalue weighted by Crippen LogP contribution is 2.21. The second-order valence-corrected chi connectivity index (χ2v) is 4.30. The molecule has 1 fully saturated rings. The van der Waals surface area contributed by atoms with Gasteiger partial charge >= 0.3 is 0 Å². The maximum atomic E-state index is 11.7. The van der Waals surface area contributed by atoms with E-state index < -0.39 is 0 Å². The third kappa shape index (κ3) is 2.17. The molecule has 3 N–H and O–H groups in total. The average Bonchev–Trinajstić information content (AvgIpc) is 3.03. The molecule has 0 atom stereocenters. The van der Waals surface area contributed by atoms with Crippen molar-refractivity contribution in [3.8, 4) is 11.5 Å². The smallest absolute Gasteiger partial charge is 0.292 e. The van der Waals surface area contributed by atoms with Crippen molar-refractivity contribution in [2.75, 3.05) is 5.73 Å². The van der Waals surface area contributed by atoms with Crippen molar-refractivity contribution in [3.05, 3.63) is 30.1 Å². The molecular weight excluding hydrogens is 232 g/mol. The predicted molar refractivity (Wildman–Crippen MR) is 64.6 cm³/mol. The monoisotopic (exact) mass is 244 g/mol. The summed E-state index contributed by atoms with van der Waals surface area (Å²) >= 11 is 0. The fourth-order valence-electron chi connectivity index (χ4n) is 1.58. The highest BCUT2D eigenvalue weighted by atomic mass is 16.5. The molecule has 0 saturated heterocycles. The van der Waals surface area contributed by atoms with Crippen LogP contribution in [0.2, 0.25) is 0 Å². The van der Waals surface area contributed by atoms with Gasteiger partial charge in [-0.1, -0.05) is 11.2 Å². The van der Waals surface area contributed by atoms with Crippen molar-refractivity contribution in [3.63, 3.8) is 0 Å². The van der Waals surface area contributed by atoms with E-state index in [1.165, 1.54) is 0 Å². The lowest BCUT2D eigenvalue weighted by Gasteiger charge is -1.96. The van der Waals surface area contributed by atoms with Gasteiger partial charge in [0.15, 0.2) is 0 Å². The molecule has 1 saturated carbocycles. The minimum absolute atomic E-state index is 0.0549. The Morgan fingerprint density at radius 1 is 1.44 bits per heavy atom. The number of benzene rings is 1. The Labute approximate surface area is 103 Å². The topological polar surface area (TPSA) is 94.0 Å². The molecule has 0 unspecified atom stereocenters. The summed E-state index contributed by atoms with van der Waals surface area (Å²) in [5.74, 6) is 0.0546. The first-order valence-corrected chi connectivity index (χ1v) is 5.73. The molecule has 1 heterocycles. The molecule has 0 spiro atoms. The number of nitrogens with two attached hydrogens (primary N) is 1. The second-order valence-electron chi connectivity index (χ2n) is 4.30. The number of nitrogens with one attached hydrogen (secondary N) is 1. The molecule has 1 aromatic carbocycles. The summed E-state index contributed by atoms with van der Waals surface area (Å²) < 4.78 is 5.05. The van der Waals surface area contributed by atoms with Crippen LogP contribution in [-0.4, -0.2) is 22.1 Å². The third-order valence-corrected chi connectivity index (χ3v) is 2.68. The van der Waals surface area contributed by atoms with Crippen LogP contribution < -0.4 is 11.1 Å². The van der Waals surface area contributed by atoms with Gasteiger partial charge in [0.05, 0.1) is 0 Å². The summed E-state index contributed by atoms with van der Waals surface area (Å²) in [5, 5.41) is 6.46. The van der Waals surface area contributed by atoms with Crippen molar-refractivity contribution in [1.82, 2.24) is 15.5 Å². The van der Waals surface area contributed by atoms with E-state index in [0.29, 0.717) is 17.1 Å². The van der Waals surface area contributed by atoms with Gasteiger partial charge < -0.3 is 15.6 Å². The zero-order chi connectivity index (χ0) is 12.5. The minimum atomic E-state index is -0.295. The van der Waals surface area contributed by atoms with E-state index in [0.717, 1.165) is 12.8 Å². The average molecular weight is 244 g/mol. The second kappa shape index (κ2) is 4.14. The summed E-state index contributed by atoms with van der Waals surface area (Å²) in [5.41, 5.74) is 6.98. The first-order chi connectivity index (χ1) is 8.72. The molecule has 6 heteroatoms. The number of anilines is 1. The SMILES string of the molecule is Nc1cccc(-c2nc(C(=O)NC3CC3)no2)c1. The van der Waals surface area contributed by atoms with Gasteiger partial charge in [-0.25, -0.2) is 0 Å². The van der Waals surface area contributed by atoms with Gasteiger partial charge in [0, 0.05) is 17.3 Å². The van der Waals surface area contributed by atoms with Crippen molar-refractivity contribution in [2.24, 2.45) is 0 Å². The molecule has 0 aliphatic heterocycles. The van der Waals surface area contributed by atoms with Gasteiger partial charge in [0.2, 0.25) is 0 Å². The van der Waals surface area contributed by atoms with Crippen molar-refractivity contribution in [2.45, 2.75) is 18.9 Å². The molecule has 2 aromatic rings. The predicted octanol–water partition coefficient (Wildman–Crippen LogP) is 1.21. The van der Waals surface area contributed by atoms with E-state index >= 15 is 0 Å². The lowest BCUT2D eigenvalue weighted by atomic mass is 10.2. The molecule has 1 aliphatic rings. The van der Waals surface area contributed by atoms with Crippen LogP contribution in [0.5, 0.6) is 0 Å². The van der Waals surface area contributed by atoms with Crippen LogP contribution in [0.3, 0.4) is 0 Å². The zero-order valence-corrected chi connectivity index (χ0v) is 9.59. The first-order valence-electron chi connectivity index (χ1n) is 5.73. The summed E-state index contributed by atoms with van der Waals surface area (Å²) in [7, 11) is 0. The van der Waals surface area contributed by atoms with Crippen molar-refractivity contribution in [1.29, 1.82) is 0 Å². The number of hydrogen-bond acceptors (Lipinski definition) is 5. The lowest BCUT2D eigenvalue weighted by molar-refractivity contribution is 0.0937. The van der Waals surface area contributed by atoms with E-state index in [2.05, 4.69) is 15.5 Å². The maximum absolute atomic E-state index is 11.7. The Hall–Kier alpha value is -2.37. The van der Waals surface area contributed by atoms with Gasteiger partial charge in [-0.05, 0) is 31.0 Å². The number of carbonyl (C=O) groups is 1. The van der Waals surface area contributed by atoms with Gasteiger partial charge in [-0.15, -0.1) is 0 Å². The number of rotatable bonds is 3. The number of nitrogens with zero attached hydrogens (tertiary/aromatic N) is 2. The maximum Gasteiger partial charge on any atom is 0.292 e.